The molecule has 536 valence electrons. The Kier molecular flexibility index (Phi) is 30.0. The van der Waals surface area contributed by atoms with Gasteiger partial charge in [0, 0.05) is 43.0 Å². The lowest BCUT2D eigenvalue weighted by Crippen LogP contribution is -2.53. The fourth-order valence-corrected chi connectivity index (χ4v) is 10.4. The van der Waals surface area contributed by atoms with Crippen molar-refractivity contribution in [2.45, 2.75) is 123 Å². The minimum absolute atomic E-state index is 0.00666. The van der Waals surface area contributed by atoms with E-state index in [1.165, 1.54) is 74.3 Å². The van der Waals surface area contributed by atoms with Gasteiger partial charge in [-0.3, -0.25) is 39.4 Å². The second kappa shape index (κ2) is 38.4. The SMILES string of the molecule is C=CCOC(=O)N[C@H](C(=O)N[C@@H](C)C(=O)Nc1ccc(COC(=O)Nc2cc(OCCCOc3cc(NC(=O)OCc4ccc(NC(=O)[C@H](C)NC(=O)[C@@H](NC(=O)OCC=C)C(C)C)cc4)c(C(=O)N4CCC[C@H]4CO)cc3OC)c(OC)cc2C(=O)N2CCC[C@H]2CO)cc1)C(C)C. The summed E-state index contributed by atoms with van der Waals surface area (Å²) in [6.45, 7) is 16.4. The number of hydrogen-bond acceptors (Lipinski definition) is 20. The van der Waals surface area contributed by atoms with Gasteiger partial charge >= 0.3 is 24.4 Å². The van der Waals surface area contributed by atoms with Gasteiger partial charge in [0.1, 0.15) is 50.6 Å². The van der Waals surface area contributed by atoms with E-state index in [1.54, 1.807) is 76.2 Å². The summed E-state index contributed by atoms with van der Waals surface area (Å²) in [5.74, 6) is -3.41. The van der Waals surface area contributed by atoms with E-state index in [0.717, 1.165) is 0 Å². The van der Waals surface area contributed by atoms with Crippen molar-refractivity contribution < 1.29 is 96.1 Å². The molecule has 10 amide bonds. The Bertz CT molecular complexity index is 3270. The fraction of sp³-hybridized carbons (Fsp3) is 0.449. The number of benzene rings is 4. The number of likely N-dealkylation sites (tertiary alicyclic amines) is 2. The van der Waals surface area contributed by atoms with Crippen molar-refractivity contribution in [2.75, 3.05) is 88.2 Å². The Hall–Kier alpha value is -10.6. The number of amides is 10. The molecule has 0 spiro atoms. The molecule has 0 bridgehead atoms. The molecule has 99 heavy (non-hydrogen) atoms. The molecule has 2 saturated heterocycles. The van der Waals surface area contributed by atoms with Crippen LogP contribution in [0.3, 0.4) is 0 Å². The second-order valence-corrected chi connectivity index (χ2v) is 23.8. The first-order valence-electron chi connectivity index (χ1n) is 32.3. The maximum atomic E-state index is 14.2. The molecule has 4 aromatic rings. The minimum atomic E-state index is -1.01. The lowest BCUT2D eigenvalue weighted by atomic mass is 10.0. The molecule has 6 atom stereocenters. The van der Waals surface area contributed by atoms with Crippen LogP contribution < -0.4 is 61.5 Å². The third-order valence-corrected chi connectivity index (χ3v) is 15.8. The zero-order valence-corrected chi connectivity index (χ0v) is 56.9. The van der Waals surface area contributed by atoms with Crippen LogP contribution in [0.2, 0.25) is 0 Å². The first-order valence-corrected chi connectivity index (χ1v) is 32.3. The Morgan fingerprint density at radius 2 is 0.869 bits per heavy atom. The van der Waals surface area contributed by atoms with E-state index in [1.807, 2.05) is 0 Å². The van der Waals surface area contributed by atoms with E-state index in [0.29, 0.717) is 61.3 Å². The maximum absolute atomic E-state index is 14.2. The number of carbonyl (C=O) groups is 10. The van der Waals surface area contributed by atoms with E-state index in [-0.39, 0.29) is 117 Å². The Labute approximate surface area is 574 Å². The number of rotatable bonds is 34. The highest BCUT2D eigenvalue weighted by molar-refractivity contribution is 6.05. The van der Waals surface area contributed by atoms with Crippen LogP contribution in [0.1, 0.15) is 105 Å². The molecule has 0 unspecified atom stereocenters. The fourth-order valence-electron chi connectivity index (χ4n) is 10.4. The van der Waals surface area contributed by atoms with Crippen LogP contribution in [0.15, 0.2) is 98.1 Å². The summed E-state index contributed by atoms with van der Waals surface area (Å²) < 4.78 is 44.7. The molecule has 0 radical (unpaired) electrons. The monoisotopic (exact) mass is 1380 g/mol. The van der Waals surface area contributed by atoms with Gasteiger partial charge in [0.25, 0.3) is 11.8 Å². The van der Waals surface area contributed by atoms with Gasteiger partial charge in [-0.1, -0.05) is 77.3 Å². The van der Waals surface area contributed by atoms with Gasteiger partial charge < -0.3 is 89.8 Å². The summed E-state index contributed by atoms with van der Waals surface area (Å²) in [6.07, 6.45) is 1.88. The van der Waals surface area contributed by atoms with E-state index >= 15 is 0 Å². The minimum Gasteiger partial charge on any atom is -0.493 e. The summed E-state index contributed by atoms with van der Waals surface area (Å²) in [6, 6.07) is 13.4. The maximum Gasteiger partial charge on any atom is 0.411 e. The number of nitrogens with zero attached hydrogens (tertiary/aromatic N) is 2. The standard InChI is InChI=1S/C69H90N10O20/c1-11-28-96-68(90)76-58(40(3)4)62(84)70-42(7)60(82)72-46-22-18-44(19-23-46)38-98-66(88)74-52-34-56(54(92-9)32-50(52)64(86)78-26-13-16-48(78)36-80)94-30-15-31-95-57-35-53(51(33-55(57)93-10)65(87)79-27-14-17-49(79)37-81)75-67(89)99-39-45-20-24-47(25-21-45)73-61(83)43(8)71-63(85)59(41(5)6)77-69(91)97-29-12-2/h11-12,18-25,32-35,40-43,48-49,58-59,80-81H,1-2,13-17,26-31,36-39H2,3-10H3,(H,70,84)(H,71,85)(H,72,82)(H,73,83)(H,74,88)(H,75,89)(H,76,90)(H,77,91)/t42-,43-,48-,49-,58-,59-/m0/s1. The molecular weight excluding hydrogens is 1290 g/mol. The summed E-state index contributed by atoms with van der Waals surface area (Å²) in [7, 11) is 2.75. The normalized spacial score (nSPS) is 15.2. The number of aliphatic hydroxyl groups is 2. The molecule has 2 fully saturated rings. The number of ether oxygens (including phenoxy) is 8. The first-order chi connectivity index (χ1) is 47.4. The van der Waals surface area contributed by atoms with E-state index in [2.05, 4.69) is 55.7 Å². The van der Waals surface area contributed by atoms with Crippen molar-refractivity contribution in [3.63, 3.8) is 0 Å². The molecule has 2 aliphatic heterocycles. The lowest BCUT2D eigenvalue weighted by molar-refractivity contribution is -0.128. The highest BCUT2D eigenvalue weighted by atomic mass is 16.6. The average Bonchev–Trinajstić information content (AvgIpc) is 1.78. The topological polar surface area (TPSA) is 388 Å². The van der Waals surface area contributed by atoms with Crippen LogP contribution >= 0.6 is 0 Å². The number of hydrogen-bond donors (Lipinski definition) is 10. The number of carbonyl (C=O) groups excluding carboxylic acids is 10. The third kappa shape index (κ3) is 22.7. The van der Waals surface area contributed by atoms with Crippen LogP contribution in [0.5, 0.6) is 23.0 Å². The van der Waals surface area contributed by atoms with Gasteiger partial charge in [-0.05, 0) is 98.9 Å². The molecule has 30 nitrogen and oxygen atoms in total. The van der Waals surface area contributed by atoms with Crippen LogP contribution in [-0.4, -0.2) is 183 Å². The Morgan fingerprint density at radius 1 is 0.495 bits per heavy atom. The summed E-state index contributed by atoms with van der Waals surface area (Å²) in [5, 5.41) is 41.2. The van der Waals surface area contributed by atoms with E-state index in [9.17, 15) is 58.2 Å². The molecule has 2 heterocycles. The number of nitrogens with one attached hydrogen (secondary N) is 8. The molecule has 30 heteroatoms. The van der Waals surface area contributed by atoms with Crippen molar-refractivity contribution >= 4 is 82.6 Å². The smallest absolute Gasteiger partial charge is 0.411 e. The van der Waals surface area contributed by atoms with E-state index < -0.39 is 96.1 Å². The van der Waals surface area contributed by atoms with Gasteiger partial charge in [0.15, 0.2) is 23.0 Å². The quantitative estimate of drug-likeness (QED) is 0.0128. The summed E-state index contributed by atoms with van der Waals surface area (Å²) in [5.41, 5.74) is 1.84. The first kappa shape index (κ1) is 77.4. The zero-order chi connectivity index (χ0) is 72.3. The molecule has 2 aliphatic rings. The Balaban J connectivity index is 1.08. The molecule has 0 aromatic heterocycles. The van der Waals surface area contributed by atoms with Crippen LogP contribution in [0.4, 0.5) is 41.9 Å². The lowest BCUT2D eigenvalue weighted by Gasteiger charge is -2.25. The molecule has 10 N–H and O–H groups in total. The van der Waals surface area contributed by atoms with Gasteiger partial charge in [0.05, 0.1) is 75.2 Å². The van der Waals surface area contributed by atoms with Crippen LogP contribution in [-0.2, 0) is 51.3 Å². The van der Waals surface area contributed by atoms with Crippen molar-refractivity contribution in [2.24, 2.45) is 11.8 Å². The van der Waals surface area contributed by atoms with Crippen LogP contribution in [0, 0.1) is 11.8 Å². The van der Waals surface area contributed by atoms with Crippen molar-refractivity contribution in [3.8, 4) is 23.0 Å². The van der Waals surface area contributed by atoms with Gasteiger partial charge in [0.2, 0.25) is 23.6 Å². The number of methoxy groups -OCH3 is 2. The van der Waals surface area contributed by atoms with Crippen LogP contribution in [0.25, 0.3) is 0 Å². The zero-order valence-electron chi connectivity index (χ0n) is 56.9. The van der Waals surface area contributed by atoms with Gasteiger partial charge in [-0.25, -0.2) is 19.2 Å². The van der Waals surface area contributed by atoms with Crippen molar-refractivity contribution in [1.29, 1.82) is 0 Å². The number of alkyl carbamates (subject to hydrolysis) is 2. The summed E-state index contributed by atoms with van der Waals surface area (Å²) >= 11 is 0. The van der Waals surface area contributed by atoms with Crippen molar-refractivity contribution in [1.82, 2.24) is 31.1 Å². The number of anilines is 4. The predicted molar refractivity (Wildman–Crippen MR) is 363 cm³/mol. The third-order valence-electron chi connectivity index (χ3n) is 15.8. The molecule has 0 saturated carbocycles. The van der Waals surface area contributed by atoms with Crippen molar-refractivity contribution in [3.05, 3.63) is 120 Å². The van der Waals surface area contributed by atoms with E-state index in [4.69, 9.17) is 37.9 Å². The van der Waals surface area contributed by atoms with Gasteiger partial charge in [-0.2, -0.15) is 0 Å². The highest BCUT2D eigenvalue weighted by Gasteiger charge is 2.35. The Morgan fingerprint density at radius 3 is 1.20 bits per heavy atom. The molecular formula is C69H90N10O20. The van der Waals surface area contributed by atoms with Gasteiger partial charge in [-0.15, -0.1) is 0 Å². The number of aliphatic hydroxyl groups excluding tert-OH is 2. The highest BCUT2D eigenvalue weighted by Crippen LogP contribution is 2.38. The summed E-state index contributed by atoms with van der Waals surface area (Å²) in [4.78, 5) is 135. The largest absolute Gasteiger partial charge is 0.493 e. The predicted octanol–water partition coefficient (Wildman–Crippen LogP) is 7.00. The molecule has 0 aliphatic carbocycles. The molecule has 6 rings (SSSR count). The average molecular weight is 1380 g/mol. The molecule has 4 aromatic carbocycles. The second-order valence-electron chi connectivity index (χ2n) is 23.8.